The van der Waals surface area contributed by atoms with Gasteiger partial charge in [0.25, 0.3) is 5.91 Å². The normalized spacial score (nSPS) is 15.4. The molecule has 2 aromatic rings. The van der Waals surface area contributed by atoms with Gasteiger partial charge in [-0.3, -0.25) is 4.79 Å². The number of carbonyl (C=O) groups excluding carboxylic acids is 1. The predicted octanol–water partition coefficient (Wildman–Crippen LogP) is 3.43. The van der Waals surface area contributed by atoms with Crippen molar-refractivity contribution in [2.24, 2.45) is 0 Å². The minimum absolute atomic E-state index is 0.0457. The molecule has 27 heavy (non-hydrogen) atoms. The van der Waals surface area contributed by atoms with Crippen LogP contribution in [0.2, 0.25) is 0 Å². The number of hydrogen-bond donors (Lipinski definition) is 0. The van der Waals surface area contributed by atoms with Crippen molar-refractivity contribution in [1.82, 2.24) is 4.90 Å². The molecule has 1 aliphatic heterocycles. The van der Waals surface area contributed by atoms with Crippen LogP contribution in [0.15, 0.2) is 42.5 Å². The van der Waals surface area contributed by atoms with E-state index >= 15 is 0 Å². The van der Waals surface area contributed by atoms with Crippen molar-refractivity contribution in [2.45, 2.75) is 26.9 Å². The maximum Gasteiger partial charge on any atom is 0.263 e. The Morgan fingerprint density at radius 1 is 1.00 bits per heavy atom. The molecule has 2 aromatic carbocycles. The van der Waals surface area contributed by atoms with Crippen LogP contribution in [0, 0.1) is 13.8 Å². The first kappa shape index (κ1) is 19.1. The summed E-state index contributed by atoms with van der Waals surface area (Å²) in [6.07, 6.45) is -0.487. The molecule has 1 fully saturated rings. The van der Waals surface area contributed by atoms with Crippen molar-refractivity contribution in [2.75, 3.05) is 38.2 Å². The molecule has 0 unspecified atom stereocenters. The minimum atomic E-state index is -0.487. The van der Waals surface area contributed by atoms with Gasteiger partial charge in [0.15, 0.2) is 6.10 Å². The van der Waals surface area contributed by atoms with Crippen LogP contribution in [-0.4, -0.2) is 50.2 Å². The van der Waals surface area contributed by atoms with Crippen LogP contribution in [0.5, 0.6) is 11.5 Å². The SMILES string of the molecule is COc1ccc(N2CCN(C(=O)[C@@H](C)Oc3ccc(C)cc3C)CC2)cc1. The molecule has 0 bridgehead atoms. The Balaban J connectivity index is 1.55. The van der Waals surface area contributed by atoms with Gasteiger partial charge in [0.2, 0.25) is 0 Å². The average molecular weight is 368 g/mol. The van der Waals surface area contributed by atoms with E-state index in [0.29, 0.717) is 13.1 Å². The van der Waals surface area contributed by atoms with Gasteiger partial charge in [-0.1, -0.05) is 17.7 Å². The minimum Gasteiger partial charge on any atom is -0.497 e. The third-order valence-corrected chi connectivity index (χ3v) is 5.01. The highest BCUT2D eigenvalue weighted by molar-refractivity contribution is 5.81. The topological polar surface area (TPSA) is 42.0 Å². The van der Waals surface area contributed by atoms with Crippen molar-refractivity contribution in [1.29, 1.82) is 0 Å². The maximum absolute atomic E-state index is 12.8. The predicted molar refractivity (Wildman–Crippen MR) is 108 cm³/mol. The first-order valence-corrected chi connectivity index (χ1v) is 9.39. The number of anilines is 1. The quantitative estimate of drug-likeness (QED) is 0.811. The van der Waals surface area contributed by atoms with E-state index in [1.807, 2.05) is 49.9 Å². The van der Waals surface area contributed by atoms with Crippen molar-refractivity contribution in [3.05, 3.63) is 53.6 Å². The van der Waals surface area contributed by atoms with Gasteiger partial charge < -0.3 is 19.3 Å². The zero-order valence-corrected chi connectivity index (χ0v) is 16.6. The van der Waals surface area contributed by atoms with Gasteiger partial charge in [0.05, 0.1) is 7.11 Å². The van der Waals surface area contributed by atoms with E-state index in [1.54, 1.807) is 7.11 Å². The summed E-state index contributed by atoms with van der Waals surface area (Å²) in [4.78, 5) is 17.0. The fourth-order valence-corrected chi connectivity index (χ4v) is 3.41. The molecule has 0 saturated carbocycles. The highest BCUT2D eigenvalue weighted by Gasteiger charge is 2.26. The Hall–Kier alpha value is -2.69. The van der Waals surface area contributed by atoms with Crippen LogP contribution in [0.4, 0.5) is 5.69 Å². The Morgan fingerprint density at radius 2 is 1.67 bits per heavy atom. The van der Waals surface area contributed by atoms with Gasteiger partial charge in [-0.05, 0) is 56.7 Å². The van der Waals surface area contributed by atoms with E-state index < -0.39 is 6.10 Å². The first-order valence-electron chi connectivity index (χ1n) is 9.39. The number of aryl methyl sites for hydroxylation is 2. The highest BCUT2D eigenvalue weighted by Crippen LogP contribution is 2.22. The number of piperazine rings is 1. The summed E-state index contributed by atoms with van der Waals surface area (Å²) >= 11 is 0. The summed E-state index contributed by atoms with van der Waals surface area (Å²) in [6, 6.07) is 14.1. The molecule has 0 aromatic heterocycles. The molecule has 1 aliphatic rings. The van der Waals surface area contributed by atoms with Crippen molar-refractivity contribution >= 4 is 11.6 Å². The van der Waals surface area contributed by atoms with E-state index in [9.17, 15) is 4.79 Å². The van der Waals surface area contributed by atoms with Gasteiger partial charge >= 0.3 is 0 Å². The molecular formula is C22H28N2O3. The summed E-state index contributed by atoms with van der Waals surface area (Å²) in [5.74, 6) is 1.67. The monoisotopic (exact) mass is 368 g/mol. The van der Waals surface area contributed by atoms with Crippen molar-refractivity contribution < 1.29 is 14.3 Å². The van der Waals surface area contributed by atoms with Gasteiger partial charge in [-0.2, -0.15) is 0 Å². The van der Waals surface area contributed by atoms with E-state index in [1.165, 1.54) is 5.56 Å². The van der Waals surface area contributed by atoms with Crippen molar-refractivity contribution in [3.63, 3.8) is 0 Å². The molecule has 0 radical (unpaired) electrons. The van der Waals surface area contributed by atoms with Gasteiger partial charge in [0.1, 0.15) is 11.5 Å². The molecule has 0 N–H and O–H groups in total. The van der Waals surface area contributed by atoms with E-state index in [-0.39, 0.29) is 5.91 Å². The van der Waals surface area contributed by atoms with Crippen LogP contribution in [0.3, 0.4) is 0 Å². The second-order valence-corrected chi connectivity index (χ2v) is 7.04. The maximum atomic E-state index is 12.8. The summed E-state index contributed by atoms with van der Waals surface area (Å²) < 4.78 is 11.1. The molecule has 0 aliphatic carbocycles. The Kier molecular flexibility index (Phi) is 5.89. The second kappa shape index (κ2) is 8.33. The number of rotatable bonds is 5. The number of hydrogen-bond acceptors (Lipinski definition) is 4. The summed E-state index contributed by atoms with van der Waals surface area (Å²) in [5.41, 5.74) is 3.40. The number of amides is 1. The zero-order valence-electron chi connectivity index (χ0n) is 16.6. The smallest absolute Gasteiger partial charge is 0.263 e. The lowest BCUT2D eigenvalue weighted by molar-refractivity contribution is -0.138. The molecule has 3 rings (SSSR count). The van der Waals surface area contributed by atoms with Gasteiger partial charge in [0, 0.05) is 31.9 Å². The summed E-state index contributed by atoms with van der Waals surface area (Å²) in [6.45, 7) is 8.91. The van der Waals surface area contributed by atoms with Crippen LogP contribution in [0.1, 0.15) is 18.1 Å². The average Bonchev–Trinajstić information content (AvgIpc) is 2.69. The molecule has 5 nitrogen and oxygen atoms in total. The van der Waals surface area contributed by atoms with Crippen LogP contribution >= 0.6 is 0 Å². The number of methoxy groups -OCH3 is 1. The van der Waals surface area contributed by atoms with Crippen LogP contribution in [-0.2, 0) is 4.79 Å². The summed E-state index contributed by atoms with van der Waals surface area (Å²) in [5, 5.41) is 0. The molecule has 1 atom stereocenters. The van der Waals surface area contributed by atoms with Crippen LogP contribution in [0.25, 0.3) is 0 Å². The van der Waals surface area contributed by atoms with E-state index in [4.69, 9.17) is 9.47 Å². The van der Waals surface area contributed by atoms with Crippen LogP contribution < -0.4 is 14.4 Å². The van der Waals surface area contributed by atoms with Crippen molar-refractivity contribution in [3.8, 4) is 11.5 Å². The number of carbonyl (C=O) groups is 1. The Morgan fingerprint density at radius 3 is 2.26 bits per heavy atom. The molecule has 1 saturated heterocycles. The lowest BCUT2D eigenvalue weighted by Gasteiger charge is -2.37. The van der Waals surface area contributed by atoms with E-state index in [2.05, 4.69) is 23.1 Å². The molecule has 144 valence electrons. The number of benzene rings is 2. The Bertz CT molecular complexity index is 781. The third kappa shape index (κ3) is 4.54. The Labute approximate surface area is 161 Å². The molecule has 1 heterocycles. The summed E-state index contributed by atoms with van der Waals surface area (Å²) in [7, 11) is 1.67. The largest absolute Gasteiger partial charge is 0.497 e. The second-order valence-electron chi connectivity index (χ2n) is 7.04. The van der Waals surface area contributed by atoms with E-state index in [0.717, 1.165) is 35.8 Å². The molecule has 5 heteroatoms. The number of ether oxygens (including phenoxy) is 2. The highest BCUT2D eigenvalue weighted by atomic mass is 16.5. The fraction of sp³-hybridized carbons (Fsp3) is 0.409. The zero-order chi connectivity index (χ0) is 19.4. The van der Waals surface area contributed by atoms with Gasteiger partial charge in [-0.15, -0.1) is 0 Å². The first-order chi connectivity index (χ1) is 13.0. The number of nitrogens with zero attached hydrogens (tertiary/aromatic N) is 2. The lowest BCUT2D eigenvalue weighted by atomic mass is 10.1. The standard InChI is InChI=1S/C22H28N2O3/c1-16-5-10-21(17(2)15-16)27-18(3)22(25)24-13-11-23(12-14-24)19-6-8-20(26-4)9-7-19/h5-10,15,18H,11-14H2,1-4H3/t18-/m1/s1. The molecule has 1 amide bonds. The fourth-order valence-electron chi connectivity index (χ4n) is 3.41. The lowest BCUT2D eigenvalue weighted by Crippen LogP contribution is -2.52. The molecule has 0 spiro atoms. The van der Waals surface area contributed by atoms with Gasteiger partial charge in [-0.25, -0.2) is 0 Å². The third-order valence-electron chi connectivity index (χ3n) is 5.01. The molecular weight excluding hydrogens is 340 g/mol.